The fourth-order valence-electron chi connectivity index (χ4n) is 4.48. The van der Waals surface area contributed by atoms with Crippen molar-refractivity contribution in [2.75, 3.05) is 27.2 Å². The average molecular weight is 558 g/mol. The summed E-state index contributed by atoms with van der Waals surface area (Å²) in [6.07, 6.45) is 4.94. The molecule has 1 unspecified atom stereocenters. The fraction of sp³-hybridized carbons (Fsp3) is 0.300. The van der Waals surface area contributed by atoms with Crippen LogP contribution >= 0.6 is 11.3 Å². The molecule has 9 nitrogen and oxygen atoms in total. The normalized spacial score (nSPS) is 13.9. The first kappa shape index (κ1) is 28.5. The highest BCUT2D eigenvalue weighted by molar-refractivity contribution is 7.13. The molecule has 206 valence electrons. The van der Waals surface area contributed by atoms with E-state index in [4.69, 9.17) is 4.74 Å². The lowest BCUT2D eigenvalue weighted by atomic mass is 10.1. The van der Waals surface area contributed by atoms with Crippen LogP contribution in [0.5, 0.6) is 0 Å². The van der Waals surface area contributed by atoms with E-state index in [0.717, 1.165) is 49.3 Å². The highest BCUT2D eigenvalue weighted by Gasteiger charge is 2.29. The Kier molecular flexibility index (Phi) is 9.65. The average Bonchev–Trinajstić information content (AvgIpc) is 3.43. The molecule has 1 aliphatic heterocycles. The van der Waals surface area contributed by atoms with Crippen LogP contribution in [0.25, 0.3) is 0 Å². The van der Waals surface area contributed by atoms with Crippen molar-refractivity contribution < 1.29 is 19.1 Å². The molecule has 1 saturated heterocycles. The van der Waals surface area contributed by atoms with Gasteiger partial charge in [0.15, 0.2) is 6.04 Å². The van der Waals surface area contributed by atoms with E-state index < -0.39 is 17.9 Å². The zero-order valence-electron chi connectivity index (χ0n) is 22.5. The molecule has 2 aromatic carbocycles. The first-order valence-corrected chi connectivity index (χ1v) is 13.9. The molecule has 1 N–H and O–H groups in total. The molecule has 3 aromatic rings. The van der Waals surface area contributed by atoms with Gasteiger partial charge >= 0.3 is 5.97 Å². The van der Waals surface area contributed by atoms with E-state index in [1.54, 1.807) is 55.2 Å². The van der Waals surface area contributed by atoms with E-state index in [-0.39, 0.29) is 23.7 Å². The summed E-state index contributed by atoms with van der Waals surface area (Å²) in [6.45, 7) is 1.92. The van der Waals surface area contributed by atoms with E-state index in [2.05, 4.69) is 21.3 Å². The SMILES string of the molecule is COC(=O)C(NC(=O)c1csc(C(=O)N(C)Cc2ccccc2C#N)c1N=CN1CCCCC1)c1ccccc1. The number of carbonyl (C=O) groups excluding carboxylic acids is 3. The minimum Gasteiger partial charge on any atom is -0.467 e. The number of hydrogen-bond acceptors (Lipinski definition) is 7. The Hall–Kier alpha value is -4.49. The molecule has 0 saturated carbocycles. The number of likely N-dealkylation sites (tertiary alicyclic amines) is 1. The quantitative estimate of drug-likeness (QED) is 0.232. The molecular formula is C30H31N5O4S. The third-order valence-electron chi connectivity index (χ3n) is 6.68. The lowest BCUT2D eigenvalue weighted by Gasteiger charge is -2.24. The molecule has 0 radical (unpaired) electrons. The summed E-state index contributed by atoms with van der Waals surface area (Å²) in [5.41, 5.74) is 2.22. The number of carbonyl (C=O) groups is 3. The summed E-state index contributed by atoms with van der Waals surface area (Å²) >= 11 is 1.12. The molecule has 1 atom stereocenters. The first-order chi connectivity index (χ1) is 19.4. The molecule has 1 aliphatic rings. The van der Waals surface area contributed by atoms with Crippen molar-refractivity contribution in [2.24, 2.45) is 4.99 Å². The highest BCUT2D eigenvalue weighted by atomic mass is 32.1. The van der Waals surface area contributed by atoms with Crippen molar-refractivity contribution in [3.63, 3.8) is 0 Å². The van der Waals surface area contributed by atoms with Gasteiger partial charge in [-0.3, -0.25) is 9.59 Å². The maximum Gasteiger partial charge on any atom is 0.333 e. The number of piperidine rings is 1. The van der Waals surface area contributed by atoms with Gasteiger partial charge in [-0.05, 0) is 36.5 Å². The molecule has 2 amide bonds. The van der Waals surface area contributed by atoms with Crippen LogP contribution in [0, 0.1) is 11.3 Å². The van der Waals surface area contributed by atoms with Gasteiger partial charge in [0.25, 0.3) is 11.8 Å². The second kappa shape index (κ2) is 13.5. The van der Waals surface area contributed by atoms with Crippen LogP contribution in [0.1, 0.15) is 62.0 Å². The number of ether oxygens (including phenoxy) is 1. The van der Waals surface area contributed by atoms with Gasteiger partial charge in [-0.15, -0.1) is 11.3 Å². The van der Waals surface area contributed by atoms with Gasteiger partial charge in [-0.1, -0.05) is 48.5 Å². The molecular weight excluding hydrogens is 526 g/mol. The molecule has 1 fully saturated rings. The largest absolute Gasteiger partial charge is 0.467 e. The lowest BCUT2D eigenvalue weighted by molar-refractivity contribution is -0.143. The van der Waals surface area contributed by atoms with Gasteiger partial charge in [0, 0.05) is 32.1 Å². The Labute approximate surface area is 237 Å². The summed E-state index contributed by atoms with van der Waals surface area (Å²) < 4.78 is 4.94. The third kappa shape index (κ3) is 6.74. The number of amides is 2. The van der Waals surface area contributed by atoms with Crippen molar-refractivity contribution in [1.82, 2.24) is 15.1 Å². The molecule has 4 rings (SSSR count). The van der Waals surface area contributed by atoms with Crippen LogP contribution in [0.3, 0.4) is 0 Å². The number of nitriles is 1. The molecule has 40 heavy (non-hydrogen) atoms. The molecule has 10 heteroatoms. The highest BCUT2D eigenvalue weighted by Crippen LogP contribution is 2.33. The van der Waals surface area contributed by atoms with E-state index in [9.17, 15) is 19.6 Å². The number of rotatable bonds is 9. The number of aliphatic imine (C=N–C) groups is 1. The van der Waals surface area contributed by atoms with Crippen LogP contribution in [-0.4, -0.2) is 61.2 Å². The van der Waals surface area contributed by atoms with Gasteiger partial charge in [-0.2, -0.15) is 5.26 Å². The van der Waals surface area contributed by atoms with E-state index in [1.165, 1.54) is 12.0 Å². The Bertz CT molecular complexity index is 1420. The van der Waals surface area contributed by atoms with Crippen molar-refractivity contribution in [3.8, 4) is 6.07 Å². The number of nitrogens with one attached hydrogen (secondary N) is 1. The van der Waals surface area contributed by atoms with Crippen LogP contribution in [0.4, 0.5) is 5.69 Å². The number of esters is 1. The number of nitrogens with zero attached hydrogens (tertiary/aromatic N) is 4. The van der Waals surface area contributed by atoms with Crippen LogP contribution in [0.15, 0.2) is 65.0 Å². The lowest BCUT2D eigenvalue weighted by Crippen LogP contribution is -2.34. The van der Waals surface area contributed by atoms with Gasteiger partial charge in [-0.25, -0.2) is 9.79 Å². The van der Waals surface area contributed by atoms with E-state index >= 15 is 0 Å². The zero-order valence-corrected chi connectivity index (χ0v) is 23.3. The second-order valence-electron chi connectivity index (χ2n) is 9.44. The Balaban J connectivity index is 1.65. The predicted molar refractivity (Wildman–Crippen MR) is 154 cm³/mol. The number of hydrogen-bond donors (Lipinski definition) is 1. The number of benzene rings is 2. The molecule has 0 spiro atoms. The van der Waals surface area contributed by atoms with Gasteiger partial charge in [0.1, 0.15) is 10.6 Å². The Morgan fingerprint density at radius 3 is 2.52 bits per heavy atom. The summed E-state index contributed by atoms with van der Waals surface area (Å²) in [5.74, 6) is -1.48. The fourth-order valence-corrected chi connectivity index (χ4v) is 5.47. The van der Waals surface area contributed by atoms with E-state index in [0.29, 0.717) is 16.0 Å². The minimum absolute atomic E-state index is 0.192. The summed E-state index contributed by atoms with van der Waals surface area (Å²) in [4.78, 5) is 48.2. The predicted octanol–water partition coefficient (Wildman–Crippen LogP) is 4.68. The van der Waals surface area contributed by atoms with Crippen molar-refractivity contribution in [2.45, 2.75) is 31.8 Å². The van der Waals surface area contributed by atoms with Gasteiger partial charge < -0.3 is 19.9 Å². The second-order valence-corrected chi connectivity index (χ2v) is 10.3. The summed E-state index contributed by atoms with van der Waals surface area (Å²) in [6, 6.07) is 17.1. The van der Waals surface area contributed by atoms with Gasteiger partial charge in [0.05, 0.1) is 30.6 Å². The van der Waals surface area contributed by atoms with Crippen LogP contribution in [0.2, 0.25) is 0 Å². The van der Waals surface area contributed by atoms with Crippen molar-refractivity contribution in [1.29, 1.82) is 5.26 Å². The topological polar surface area (TPSA) is 115 Å². The van der Waals surface area contributed by atoms with Crippen molar-refractivity contribution >= 4 is 41.1 Å². The molecule has 0 bridgehead atoms. The zero-order chi connectivity index (χ0) is 28.5. The van der Waals surface area contributed by atoms with E-state index in [1.807, 2.05) is 18.2 Å². The van der Waals surface area contributed by atoms with Crippen LogP contribution < -0.4 is 5.32 Å². The summed E-state index contributed by atoms with van der Waals surface area (Å²) in [5, 5.41) is 13.8. The van der Waals surface area contributed by atoms with Crippen molar-refractivity contribution in [3.05, 3.63) is 87.1 Å². The number of thiophene rings is 1. The standard InChI is InChI=1S/C30H31N5O4S/c1-34(18-23-14-8-7-13-22(23)17-31)29(37)27-26(32-20-35-15-9-4-10-16-35)24(19-40-27)28(36)33-25(30(38)39-2)21-11-5-3-6-12-21/h3,5-8,11-14,19-20,25H,4,9-10,15-16,18H2,1-2H3,(H,33,36). The molecule has 2 heterocycles. The maximum absolute atomic E-state index is 13.6. The number of methoxy groups -OCH3 is 1. The monoisotopic (exact) mass is 557 g/mol. The van der Waals surface area contributed by atoms with Crippen LogP contribution in [-0.2, 0) is 16.1 Å². The Morgan fingerprint density at radius 2 is 1.82 bits per heavy atom. The first-order valence-electron chi connectivity index (χ1n) is 13.0. The molecule has 0 aliphatic carbocycles. The molecule has 1 aromatic heterocycles. The summed E-state index contributed by atoms with van der Waals surface area (Å²) in [7, 11) is 2.91. The Morgan fingerprint density at radius 1 is 1.12 bits per heavy atom. The van der Waals surface area contributed by atoms with Gasteiger partial charge in [0.2, 0.25) is 0 Å². The maximum atomic E-state index is 13.6. The third-order valence-corrected chi connectivity index (χ3v) is 7.64. The minimum atomic E-state index is -1.03. The smallest absolute Gasteiger partial charge is 0.333 e.